The number of anilines is 1. The maximum absolute atomic E-state index is 12.5. The molecule has 0 bridgehead atoms. The van der Waals surface area contributed by atoms with Crippen molar-refractivity contribution in [3.63, 3.8) is 0 Å². The number of hydrogen-bond acceptors (Lipinski definition) is 6. The zero-order chi connectivity index (χ0) is 18.1. The number of aromatic amines is 1. The van der Waals surface area contributed by atoms with Crippen LogP contribution in [-0.2, 0) is 9.53 Å². The number of carbonyl (C=O) groups is 1. The van der Waals surface area contributed by atoms with Crippen molar-refractivity contribution in [2.75, 3.05) is 25.1 Å². The standard InChI is InChI=1S/C18H19N5O3/c1-26-17(25)12-6-5-9-22(11-12)18-20-15-14(16(24)21-18)10-19-23(15)13-7-3-2-4-8-13/h2-4,7-8,10,12H,5-6,9,11H2,1H3,(H,20,21,24)/t12-/m0/s1. The van der Waals surface area contributed by atoms with E-state index in [1.807, 2.05) is 35.2 Å². The number of nitrogens with one attached hydrogen (secondary N) is 1. The van der Waals surface area contributed by atoms with Crippen LogP contribution in [0.1, 0.15) is 12.8 Å². The lowest BCUT2D eigenvalue weighted by atomic mass is 9.98. The molecule has 1 N–H and O–H groups in total. The molecule has 8 nitrogen and oxygen atoms in total. The predicted molar refractivity (Wildman–Crippen MR) is 96.4 cm³/mol. The summed E-state index contributed by atoms with van der Waals surface area (Å²) in [5.74, 6) is 0.00928. The number of ether oxygens (including phenoxy) is 1. The van der Waals surface area contributed by atoms with Crippen LogP contribution in [0, 0.1) is 5.92 Å². The minimum Gasteiger partial charge on any atom is -0.469 e. The molecule has 0 radical (unpaired) electrons. The number of benzene rings is 1. The van der Waals surface area contributed by atoms with Crippen LogP contribution < -0.4 is 10.5 Å². The highest BCUT2D eigenvalue weighted by Gasteiger charge is 2.28. The zero-order valence-corrected chi connectivity index (χ0v) is 14.4. The first-order valence-electron chi connectivity index (χ1n) is 8.53. The molecule has 0 spiro atoms. The maximum atomic E-state index is 12.5. The van der Waals surface area contributed by atoms with Gasteiger partial charge in [0, 0.05) is 13.1 Å². The number of nitrogens with zero attached hydrogens (tertiary/aromatic N) is 4. The van der Waals surface area contributed by atoms with Gasteiger partial charge in [0.1, 0.15) is 5.39 Å². The second-order valence-electron chi connectivity index (χ2n) is 6.33. The molecule has 1 aliphatic heterocycles. The summed E-state index contributed by atoms with van der Waals surface area (Å²) in [6, 6.07) is 9.54. The Labute approximate surface area is 149 Å². The summed E-state index contributed by atoms with van der Waals surface area (Å²) in [5, 5.41) is 4.74. The fourth-order valence-electron chi connectivity index (χ4n) is 3.34. The number of methoxy groups -OCH3 is 1. The first-order valence-corrected chi connectivity index (χ1v) is 8.53. The van der Waals surface area contributed by atoms with E-state index in [9.17, 15) is 9.59 Å². The number of piperidine rings is 1. The van der Waals surface area contributed by atoms with Gasteiger partial charge in [-0.05, 0) is 25.0 Å². The summed E-state index contributed by atoms with van der Waals surface area (Å²) >= 11 is 0. The van der Waals surface area contributed by atoms with Crippen molar-refractivity contribution < 1.29 is 9.53 Å². The molecule has 3 heterocycles. The molecule has 1 fully saturated rings. The average molecular weight is 353 g/mol. The number of hydrogen-bond donors (Lipinski definition) is 1. The second kappa shape index (κ2) is 6.62. The lowest BCUT2D eigenvalue weighted by Gasteiger charge is -2.31. The molecule has 1 aromatic carbocycles. The van der Waals surface area contributed by atoms with Gasteiger partial charge >= 0.3 is 5.97 Å². The number of aromatic nitrogens is 4. The Morgan fingerprint density at radius 3 is 2.88 bits per heavy atom. The molecule has 3 aromatic rings. The molecule has 2 aromatic heterocycles. The summed E-state index contributed by atoms with van der Waals surface area (Å²) in [7, 11) is 1.39. The first-order chi connectivity index (χ1) is 12.7. The number of esters is 1. The summed E-state index contributed by atoms with van der Waals surface area (Å²) in [6.07, 6.45) is 3.13. The average Bonchev–Trinajstić information content (AvgIpc) is 3.13. The molecule has 134 valence electrons. The summed E-state index contributed by atoms with van der Waals surface area (Å²) in [6.45, 7) is 1.20. The number of para-hydroxylation sites is 1. The minimum absolute atomic E-state index is 0.214. The number of carbonyl (C=O) groups excluding carboxylic acids is 1. The van der Waals surface area contributed by atoms with E-state index >= 15 is 0 Å². The Kier molecular flexibility index (Phi) is 4.16. The number of rotatable bonds is 3. The van der Waals surface area contributed by atoms with E-state index in [1.54, 1.807) is 4.68 Å². The molecule has 4 rings (SSSR count). The highest BCUT2D eigenvalue weighted by Crippen LogP contribution is 2.22. The van der Waals surface area contributed by atoms with Crippen LogP contribution >= 0.6 is 0 Å². The molecule has 1 atom stereocenters. The van der Waals surface area contributed by atoms with E-state index in [0.717, 1.165) is 25.1 Å². The maximum Gasteiger partial charge on any atom is 0.310 e. The first kappa shape index (κ1) is 16.3. The SMILES string of the molecule is COC(=O)[C@H]1CCCN(c2nc3c(cnn3-c3ccccc3)c(=O)[nH]2)C1. The van der Waals surface area contributed by atoms with Crippen molar-refractivity contribution in [1.29, 1.82) is 0 Å². The normalized spacial score (nSPS) is 17.4. The van der Waals surface area contributed by atoms with Gasteiger partial charge in [0.2, 0.25) is 5.95 Å². The van der Waals surface area contributed by atoms with Gasteiger partial charge < -0.3 is 9.64 Å². The van der Waals surface area contributed by atoms with Crippen LogP contribution in [-0.4, -0.2) is 45.9 Å². The monoisotopic (exact) mass is 353 g/mol. The van der Waals surface area contributed by atoms with Crippen molar-refractivity contribution in [2.24, 2.45) is 5.92 Å². The topological polar surface area (TPSA) is 93.1 Å². The van der Waals surface area contributed by atoms with E-state index in [4.69, 9.17) is 4.74 Å². The molecule has 0 amide bonds. The van der Waals surface area contributed by atoms with Crippen LogP contribution in [0.15, 0.2) is 41.3 Å². The Bertz CT molecular complexity index is 995. The lowest BCUT2D eigenvalue weighted by molar-refractivity contribution is -0.145. The molecule has 0 aliphatic carbocycles. The third-order valence-corrected chi connectivity index (χ3v) is 4.68. The molecule has 26 heavy (non-hydrogen) atoms. The van der Waals surface area contributed by atoms with Gasteiger partial charge in [0.25, 0.3) is 5.56 Å². The third-order valence-electron chi connectivity index (χ3n) is 4.68. The lowest BCUT2D eigenvalue weighted by Crippen LogP contribution is -2.40. The van der Waals surface area contributed by atoms with E-state index < -0.39 is 0 Å². The molecule has 1 saturated heterocycles. The Morgan fingerprint density at radius 1 is 1.31 bits per heavy atom. The summed E-state index contributed by atoms with van der Waals surface area (Å²) in [5.41, 5.74) is 1.08. The summed E-state index contributed by atoms with van der Waals surface area (Å²) in [4.78, 5) is 33.7. The van der Waals surface area contributed by atoms with Crippen molar-refractivity contribution in [3.05, 3.63) is 46.9 Å². The van der Waals surface area contributed by atoms with Gasteiger partial charge in [-0.25, -0.2) is 4.68 Å². The fraction of sp³-hybridized carbons (Fsp3) is 0.333. The van der Waals surface area contributed by atoms with Gasteiger partial charge in [-0.3, -0.25) is 14.6 Å². The summed E-state index contributed by atoms with van der Waals surface area (Å²) < 4.78 is 6.51. The van der Waals surface area contributed by atoms with E-state index in [-0.39, 0.29) is 17.4 Å². The highest BCUT2D eigenvalue weighted by molar-refractivity contribution is 5.77. The smallest absolute Gasteiger partial charge is 0.310 e. The molecule has 0 saturated carbocycles. The van der Waals surface area contributed by atoms with Crippen molar-refractivity contribution in [1.82, 2.24) is 19.7 Å². The van der Waals surface area contributed by atoms with Crippen LogP contribution in [0.5, 0.6) is 0 Å². The van der Waals surface area contributed by atoms with Crippen LogP contribution in [0.4, 0.5) is 5.95 Å². The predicted octanol–water partition coefficient (Wildman–Crippen LogP) is 1.50. The molecule has 0 unspecified atom stereocenters. The molecule has 1 aliphatic rings. The highest BCUT2D eigenvalue weighted by atomic mass is 16.5. The van der Waals surface area contributed by atoms with E-state index in [2.05, 4.69) is 15.1 Å². The van der Waals surface area contributed by atoms with Gasteiger partial charge in [0.05, 0.1) is 24.9 Å². The van der Waals surface area contributed by atoms with Crippen LogP contribution in [0.3, 0.4) is 0 Å². The van der Waals surface area contributed by atoms with Crippen molar-refractivity contribution in [3.8, 4) is 5.69 Å². The van der Waals surface area contributed by atoms with Crippen LogP contribution in [0.25, 0.3) is 16.7 Å². The van der Waals surface area contributed by atoms with Gasteiger partial charge in [-0.15, -0.1) is 0 Å². The van der Waals surface area contributed by atoms with Gasteiger partial charge in [0.15, 0.2) is 5.65 Å². The van der Waals surface area contributed by atoms with Gasteiger partial charge in [-0.2, -0.15) is 10.1 Å². The molecular weight excluding hydrogens is 334 g/mol. The zero-order valence-electron chi connectivity index (χ0n) is 14.4. The number of fused-ring (bicyclic) bond motifs is 1. The minimum atomic E-state index is -0.243. The van der Waals surface area contributed by atoms with Crippen molar-refractivity contribution >= 4 is 23.0 Å². The largest absolute Gasteiger partial charge is 0.469 e. The van der Waals surface area contributed by atoms with E-state index in [1.165, 1.54) is 13.3 Å². The number of H-pyrrole nitrogens is 1. The quantitative estimate of drug-likeness (QED) is 0.717. The van der Waals surface area contributed by atoms with Gasteiger partial charge in [-0.1, -0.05) is 18.2 Å². The molecular formula is C18H19N5O3. The fourth-order valence-corrected chi connectivity index (χ4v) is 3.34. The van der Waals surface area contributed by atoms with Crippen molar-refractivity contribution in [2.45, 2.75) is 12.8 Å². The second-order valence-corrected chi connectivity index (χ2v) is 6.33. The van der Waals surface area contributed by atoms with E-state index in [0.29, 0.717) is 23.5 Å². The Hall–Kier alpha value is -3.16. The van der Waals surface area contributed by atoms with Crippen LogP contribution in [0.2, 0.25) is 0 Å². The Morgan fingerprint density at radius 2 is 2.12 bits per heavy atom. The molecule has 8 heteroatoms. The third kappa shape index (κ3) is 2.83. The Balaban J connectivity index is 1.75.